The van der Waals surface area contributed by atoms with Crippen LogP contribution in [0.5, 0.6) is 0 Å². The van der Waals surface area contributed by atoms with Crippen molar-refractivity contribution in [3.05, 3.63) is 22.4 Å². The maximum Gasteiger partial charge on any atom is 0.0619 e. The lowest BCUT2D eigenvalue weighted by atomic mass is 9.88. The predicted molar refractivity (Wildman–Crippen MR) is 64.3 cm³/mol. The van der Waals surface area contributed by atoms with Gasteiger partial charge in [0.05, 0.1) is 6.10 Å². The normalized spacial score (nSPS) is 28.1. The van der Waals surface area contributed by atoms with Crippen molar-refractivity contribution in [2.45, 2.75) is 31.9 Å². The Morgan fingerprint density at radius 2 is 2.53 bits per heavy atom. The first kappa shape index (κ1) is 11.1. The molecule has 0 spiro atoms. The molecule has 0 amide bonds. The standard InChI is InChI=1S/C12H19NOS/c1-3-11-10(4-6-14-11)12(13-2)9-5-7-15-8-9/h5,7-8,10-13H,3-4,6H2,1-2H3. The number of hydrogen-bond acceptors (Lipinski definition) is 3. The van der Waals surface area contributed by atoms with Crippen LogP contribution in [-0.4, -0.2) is 19.8 Å². The Kier molecular flexibility index (Phi) is 3.78. The van der Waals surface area contributed by atoms with Gasteiger partial charge in [-0.05, 0) is 42.3 Å². The molecule has 3 unspecified atom stereocenters. The van der Waals surface area contributed by atoms with Crippen molar-refractivity contribution in [2.24, 2.45) is 5.92 Å². The van der Waals surface area contributed by atoms with E-state index in [-0.39, 0.29) is 0 Å². The summed E-state index contributed by atoms with van der Waals surface area (Å²) in [6.07, 6.45) is 2.73. The number of thiophene rings is 1. The molecule has 0 radical (unpaired) electrons. The molecule has 1 aliphatic heterocycles. The van der Waals surface area contributed by atoms with Crippen molar-refractivity contribution in [1.29, 1.82) is 0 Å². The summed E-state index contributed by atoms with van der Waals surface area (Å²) >= 11 is 1.77. The van der Waals surface area contributed by atoms with Gasteiger partial charge < -0.3 is 10.1 Å². The van der Waals surface area contributed by atoms with Gasteiger partial charge in [-0.25, -0.2) is 0 Å². The molecule has 2 heterocycles. The Balaban J connectivity index is 2.12. The third-order valence-corrected chi connectivity index (χ3v) is 4.01. The average Bonchev–Trinajstić information content (AvgIpc) is 2.89. The molecule has 1 saturated heterocycles. The zero-order valence-electron chi connectivity index (χ0n) is 9.40. The molecule has 0 aromatic carbocycles. The Morgan fingerprint density at radius 1 is 1.67 bits per heavy atom. The quantitative estimate of drug-likeness (QED) is 0.851. The second kappa shape index (κ2) is 5.10. The van der Waals surface area contributed by atoms with E-state index in [1.165, 1.54) is 12.0 Å². The van der Waals surface area contributed by atoms with Crippen LogP contribution >= 0.6 is 11.3 Å². The Morgan fingerprint density at radius 3 is 3.13 bits per heavy atom. The minimum Gasteiger partial charge on any atom is -0.378 e. The lowest BCUT2D eigenvalue weighted by Gasteiger charge is -2.26. The largest absolute Gasteiger partial charge is 0.378 e. The molecule has 0 saturated carbocycles. The lowest BCUT2D eigenvalue weighted by molar-refractivity contribution is 0.0783. The van der Waals surface area contributed by atoms with E-state index >= 15 is 0 Å². The van der Waals surface area contributed by atoms with Crippen LogP contribution in [0.15, 0.2) is 16.8 Å². The highest BCUT2D eigenvalue weighted by Gasteiger charge is 2.33. The molecule has 1 aliphatic rings. The minimum atomic E-state index is 0.433. The third-order valence-electron chi connectivity index (χ3n) is 3.30. The minimum absolute atomic E-state index is 0.433. The van der Waals surface area contributed by atoms with Gasteiger partial charge in [0.1, 0.15) is 0 Å². The maximum atomic E-state index is 5.76. The van der Waals surface area contributed by atoms with Crippen LogP contribution < -0.4 is 5.32 Å². The average molecular weight is 225 g/mol. The zero-order chi connectivity index (χ0) is 10.7. The molecule has 1 aromatic rings. The Labute approximate surface area is 95.6 Å². The summed E-state index contributed by atoms with van der Waals surface area (Å²) in [6.45, 7) is 3.13. The first-order valence-electron chi connectivity index (χ1n) is 5.67. The van der Waals surface area contributed by atoms with E-state index in [4.69, 9.17) is 4.74 Å². The number of hydrogen-bond donors (Lipinski definition) is 1. The van der Waals surface area contributed by atoms with Crippen molar-refractivity contribution in [2.75, 3.05) is 13.7 Å². The van der Waals surface area contributed by atoms with Crippen molar-refractivity contribution < 1.29 is 4.74 Å². The molecule has 84 valence electrons. The Bertz CT molecular complexity index is 286. The Hall–Kier alpha value is -0.380. The SMILES string of the molecule is CCC1OCCC1C(NC)c1ccsc1. The van der Waals surface area contributed by atoms with Crippen LogP contribution in [0.3, 0.4) is 0 Å². The van der Waals surface area contributed by atoms with Gasteiger partial charge in [-0.1, -0.05) is 6.92 Å². The fourth-order valence-electron chi connectivity index (χ4n) is 2.55. The molecule has 1 N–H and O–H groups in total. The molecule has 1 aromatic heterocycles. The van der Waals surface area contributed by atoms with Crippen molar-refractivity contribution in [1.82, 2.24) is 5.32 Å². The fourth-order valence-corrected chi connectivity index (χ4v) is 3.24. The number of ether oxygens (including phenoxy) is 1. The zero-order valence-corrected chi connectivity index (χ0v) is 10.2. The summed E-state index contributed by atoms with van der Waals surface area (Å²) in [5.41, 5.74) is 1.41. The second-order valence-corrected chi connectivity index (χ2v) is 4.87. The summed E-state index contributed by atoms with van der Waals surface area (Å²) in [5.74, 6) is 0.634. The van der Waals surface area contributed by atoms with E-state index < -0.39 is 0 Å². The van der Waals surface area contributed by atoms with E-state index in [9.17, 15) is 0 Å². The van der Waals surface area contributed by atoms with E-state index in [1.54, 1.807) is 11.3 Å². The molecule has 0 bridgehead atoms. The van der Waals surface area contributed by atoms with Crippen LogP contribution in [0.1, 0.15) is 31.4 Å². The highest BCUT2D eigenvalue weighted by molar-refractivity contribution is 7.07. The molecule has 0 aliphatic carbocycles. The highest BCUT2D eigenvalue weighted by atomic mass is 32.1. The van der Waals surface area contributed by atoms with Crippen molar-refractivity contribution >= 4 is 11.3 Å². The topological polar surface area (TPSA) is 21.3 Å². The van der Waals surface area contributed by atoms with Gasteiger partial charge in [0.15, 0.2) is 0 Å². The summed E-state index contributed by atoms with van der Waals surface area (Å²) in [7, 11) is 2.05. The summed E-state index contributed by atoms with van der Waals surface area (Å²) in [4.78, 5) is 0. The first-order valence-corrected chi connectivity index (χ1v) is 6.62. The highest BCUT2D eigenvalue weighted by Crippen LogP contribution is 2.35. The van der Waals surface area contributed by atoms with E-state index in [0.717, 1.165) is 13.0 Å². The van der Waals surface area contributed by atoms with Gasteiger partial charge >= 0.3 is 0 Å². The van der Waals surface area contributed by atoms with E-state index in [2.05, 4.69) is 29.1 Å². The van der Waals surface area contributed by atoms with Gasteiger partial charge in [-0.3, -0.25) is 0 Å². The van der Waals surface area contributed by atoms with E-state index in [0.29, 0.717) is 18.1 Å². The molecule has 1 fully saturated rings. The van der Waals surface area contributed by atoms with Gasteiger partial charge in [-0.2, -0.15) is 11.3 Å². The molecule has 2 rings (SSSR count). The fraction of sp³-hybridized carbons (Fsp3) is 0.667. The van der Waals surface area contributed by atoms with Crippen LogP contribution in [0, 0.1) is 5.92 Å². The van der Waals surface area contributed by atoms with Crippen molar-refractivity contribution in [3.8, 4) is 0 Å². The molecule has 3 heteroatoms. The first-order chi connectivity index (χ1) is 7.36. The molecule has 2 nitrogen and oxygen atoms in total. The summed E-state index contributed by atoms with van der Waals surface area (Å²) in [5, 5.41) is 7.83. The molecular weight excluding hydrogens is 206 g/mol. The second-order valence-electron chi connectivity index (χ2n) is 4.09. The number of nitrogens with one attached hydrogen (secondary N) is 1. The van der Waals surface area contributed by atoms with Crippen LogP contribution in [0.25, 0.3) is 0 Å². The summed E-state index contributed by atoms with van der Waals surface area (Å²) < 4.78 is 5.76. The molecular formula is C12H19NOS. The lowest BCUT2D eigenvalue weighted by Crippen LogP contribution is -2.30. The molecule has 15 heavy (non-hydrogen) atoms. The van der Waals surface area contributed by atoms with Crippen LogP contribution in [0.2, 0.25) is 0 Å². The van der Waals surface area contributed by atoms with E-state index in [1.807, 2.05) is 7.05 Å². The number of rotatable bonds is 4. The van der Waals surface area contributed by atoms with Gasteiger partial charge in [0.2, 0.25) is 0 Å². The van der Waals surface area contributed by atoms with Gasteiger partial charge in [0, 0.05) is 18.6 Å². The van der Waals surface area contributed by atoms with Gasteiger partial charge in [-0.15, -0.1) is 0 Å². The van der Waals surface area contributed by atoms with Crippen molar-refractivity contribution in [3.63, 3.8) is 0 Å². The van der Waals surface area contributed by atoms with Gasteiger partial charge in [0.25, 0.3) is 0 Å². The molecule has 3 atom stereocenters. The monoisotopic (exact) mass is 225 g/mol. The predicted octanol–water partition coefficient (Wildman–Crippen LogP) is 2.82. The van der Waals surface area contributed by atoms with Crippen LogP contribution in [-0.2, 0) is 4.74 Å². The smallest absolute Gasteiger partial charge is 0.0619 e. The maximum absolute atomic E-state index is 5.76. The van der Waals surface area contributed by atoms with Crippen LogP contribution in [0.4, 0.5) is 0 Å². The summed E-state index contributed by atoms with van der Waals surface area (Å²) in [6, 6.07) is 2.68. The third kappa shape index (κ3) is 2.25.